The van der Waals surface area contributed by atoms with Gasteiger partial charge in [0.25, 0.3) is 0 Å². The number of benzene rings is 1. The van der Waals surface area contributed by atoms with E-state index < -0.39 is 0 Å². The first-order valence-corrected chi connectivity index (χ1v) is 7.59. The number of hydrogen-bond acceptors (Lipinski definition) is 4. The molecule has 3 aromatic rings. The number of ether oxygens (including phenoxy) is 2. The van der Waals surface area contributed by atoms with E-state index in [1.807, 2.05) is 47.4 Å². The summed E-state index contributed by atoms with van der Waals surface area (Å²) in [5.74, 6) is 0.984. The Morgan fingerprint density at radius 2 is 2.13 bits per heavy atom. The molecule has 1 aliphatic rings. The third kappa shape index (κ3) is 2.59. The van der Waals surface area contributed by atoms with Gasteiger partial charge in [0, 0.05) is 31.6 Å². The highest BCUT2D eigenvalue weighted by atomic mass is 16.5. The van der Waals surface area contributed by atoms with Crippen LogP contribution in [-0.4, -0.2) is 28.3 Å². The lowest BCUT2D eigenvalue weighted by molar-refractivity contribution is 0.129. The second-order valence-corrected chi connectivity index (χ2v) is 5.47. The van der Waals surface area contributed by atoms with E-state index in [0.29, 0.717) is 0 Å². The summed E-state index contributed by atoms with van der Waals surface area (Å²) in [6, 6.07) is 12.0. The van der Waals surface area contributed by atoms with Crippen molar-refractivity contribution in [2.75, 3.05) is 13.7 Å². The van der Waals surface area contributed by atoms with Crippen LogP contribution in [0.5, 0.6) is 5.75 Å². The Balaban J connectivity index is 1.66. The molecule has 0 aliphatic carbocycles. The van der Waals surface area contributed by atoms with Crippen LogP contribution in [0.15, 0.2) is 55.1 Å². The lowest BCUT2D eigenvalue weighted by Crippen LogP contribution is -2.05. The Hall–Kier alpha value is -2.66. The van der Waals surface area contributed by atoms with Gasteiger partial charge in [-0.25, -0.2) is 4.98 Å². The van der Waals surface area contributed by atoms with E-state index in [2.05, 4.69) is 16.0 Å². The zero-order chi connectivity index (χ0) is 15.6. The van der Waals surface area contributed by atoms with Gasteiger partial charge in [0.15, 0.2) is 0 Å². The second kappa shape index (κ2) is 5.85. The molecule has 0 saturated carbocycles. The van der Waals surface area contributed by atoms with Crippen molar-refractivity contribution in [3.8, 4) is 11.4 Å². The van der Waals surface area contributed by atoms with E-state index >= 15 is 0 Å². The number of imidazole rings is 1. The van der Waals surface area contributed by atoms with Crippen molar-refractivity contribution in [1.82, 2.24) is 14.5 Å². The highest BCUT2D eigenvalue weighted by Crippen LogP contribution is 2.28. The molecule has 3 heterocycles. The minimum absolute atomic E-state index is 0.268. The number of fused-ring (bicyclic) bond motifs is 1. The first-order valence-electron chi connectivity index (χ1n) is 7.59. The molecule has 0 saturated heterocycles. The Kier molecular flexibility index (Phi) is 3.55. The monoisotopic (exact) mass is 307 g/mol. The van der Waals surface area contributed by atoms with E-state index in [4.69, 9.17) is 9.47 Å². The van der Waals surface area contributed by atoms with E-state index in [9.17, 15) is 0 Å². The molecule has 0 fully saturated rings. The molecule has 0 N–H and O–H groups in total. The van der Waals surface area contributed by atoms with Crippen molar-refractivity contribution in [2.45, 2.75) is 12.5 Å². The van der Waals surface area contributed by atoms with Crippen LogP contribution in [0, 0.1) is 0 Å². The van der Waals surface area contributed by atoms with Gasteiger partial charge in [0.1, 0.15) is 11.9 Å². The van der Waals surface area contributed by atoms with Crippen molar-refractivity contribution >= 4 is 0 Å². The molecule has 5 heteroatoms. The third-order valence-corrected chi connectivity index (χ3v) is 4.03. The fourth-order valence-electron chi connectivity index (χ4n) is 2.87. The Labute approximate surface area is 134 Å². The third-order valence-electron chi connectivity index (χ3n) is 4.03. The van der Waals surface area contributed by atoms with Gasteiger partial charge in [0.05, 0.1) is 24.3 Å². The quantitative estimate of drug-likeness (QED) is 0.743. The zero-order valence-electron chi connectivity index (χ0n) is 12.8. The van der Waals surface area contributed by atoms with Gasteiger partial charge in [-0.1, -0.05) is 6.07 Å². The van der Waals surface area contributed by atoms with Gasteiger partial charge in [-0.2, -0.15) is 0 Å². The van der Waals surface area contributed by atoms with Gasteiger partial charge in [-0.15, -0.1) is 0 Å². The molecule has 0 amide bonds. The second-order valence-electron chi connectivity index (χ2n) is 5.47. The summed E-state index contributed by atoms with van der Waals surface area (Å²) in [6.07, 6.45) is 6.25. The van der Waals surface area contributed by atoms with E-state index in [1.165, 1.54) is 5.56 Å². The van der Waals surface area contributed by atoms with Crippen LogP contribution in [0.2, 0.25) is 0 Å². The number of pyridine rings is 1. The highest BCUT2D eigenvalue weighted by molar-refractivity contribution is 5.46. The maximum Gasteiger partial charge on any atom is 0.142 e. The van der Waals surface area contributed by atoms with Crippen molar-refractivity contribution in [1.29, 1.82) is 0 Å². The van der Waals surface area contributed by atoms with Gasteiger partial charge in [0.2, 0.25) is 0 Å². The van der Waals surface area contributed by atoms with Crippen LogP contribution in [0.25, 0.3) is 5.69 Å². The van der Waals surface area contributed by atoms with Crippen LogP contribution in [-0.2, 0) is 11.2 Å². The molecule has 5 nitrogen and oxygen atoms in total. The molecule has 4 rings (SSSR count). The molecule has 2 aromatic heterocycles. The Morgan fingerprint density at radius 1 is 1.17 bits per heavy atom. The predicted molar refractivity (Wildman–Crippen MR) is 85.9 cm³/mol. The summed E-state index contributed by atoms with van der Waals surface area (Å²) in [6.45, 7) is 0.763. The lowest BCUT2D eigenvalue weighted by Gasteiger charge is -2.11. The van der Waals surface area contributed by atoms with Gasteiger partial charge in [-0.3, -0.25) is 4.98 Å². The summed E-state index contributed by atoms with van der Waals surface area (Å²) < 4.78 is 13.1. The number of nitrogens with zero attached hydrogens (tertiary/aromatic N) is 3. The standard InChI is InChI=1S/C18H17N3O2/c1-22-18(15-4-2-3-8-19-15)16-11-21(12-20-16)14-5-6-17-13(10-14)7-9-23-17/h2-6,8,10-12,18H,7,9H2,1H3. The number of hydrogen-bond donors (Lipinski definition) is 0. The Morgan fingerprint density at radius 3 is 2.96 bits per heavy atom. The molecular formula is C18H17N3O2. The highest BCUT2D eigenvalue weighted by Gasteiger charge is 2.18. The van der Waals surface area contributed by atoms with Crippen molar-refractivity contribution in [3.63, 3.8) is 0 Å². The van der Waals surface area contributed by atoms with Gasteiger partial charge >= 0.3 is 0 Å². The van der Waals surface area contributed by atoms with E-state index in [-0.39, 0.29) is 6.10 Å². The van der Waals surface area contributed by atoms with Crippen LogP contribution < -0.4 is 4.74 Å². The van der Waals surface area contributed by atoms with Crippen molar-refractivity contribution in [2.24, 2.45) is 0 Å². The van der Waals surface area contributed by atoms with E-state index in [0.717, 1.165) is 35.9 Å². The maximum absolute atomic E-state index is 5.59. The summed E-state index contributed by atoms with van der Waals surface area (Å²) in [5.41, 5.74) is 4.00. The molecule has 116 valence electrons. The lowest BCUT2D eigenvalue weighted by atomic mass is 10.1. The molecule has 0 bridgehead atoms. The van der Waals surface area contributed by atoms with Gasteiger partial charge in [-0.05, 0) is 35.9 Å². The molecule has 0 spiro atoms. The Bertz CT molecular complexity index is 814. The van der Waals surface area contributed by atoms with Crippen molar-refractivity contribution < 1.29 is 9.47 Å². The minimum Gasteiger partial charge on any atom is -0.493 e. The fraction of sp³-hybridized carbons (Fsp3) is 0.222. The maximum atomic E-state index is 5.59. The summed E-state index contributed by atoms with van der Waals surface area (Å²) >= 11 is 0. The van der Waals surface area contributed by atoms with Gasteiger partial charge < -0.3 is 14.0 Å². The first-order chi connectivity index (χ1) is 11.3. The van der Waals surface area contributed by atoms with Crippen LogP contribution in [0.3, 0.4) is 0 Å². The summed E-state index contributed by atoms with van der Waals surface area (Å²) in [5, 5.41) is 0. The predicted octanol–water partition coefficient (Wildman–Crippen LogP) is 2.94. The molecule has 1 unspecified atom stereocenters. The normalized spacial score (nSPS) is 14.3. The number of aromatic nitrogens is 3. The average Bonchev–Trinajstić information content (AvgIpc) is 3.25. The summed E-state index contributed by atoms with van der Waals surface area (Å²) in [7, 11) is 1.67. The zero-order valence-corrected chi connectivity index (χ0v) is 12.8. The van der Waals surface area contributed by atoms with Crippen LogP contribution >= 0.6 is 0 Å². The minimum atomic E-state index is -0.268. The molecular weight excluding hydrogens is 290 g/mol. The summed E-state index contributed by atoms with van der Waals surface area (Å²) in [4.78, 5) is 8.87. The number of methoxy groups -OCH3 is 1. The molecule has 1 atom stereocenters. The molecule has 1 aliphatic heterocycles. The first kappa shape index (κ1) is 14.0. The topological polar surface area (TPSA) is 49.2 Å². The largest absolute Gasteiger partial charge is 0.493 e. The molecule has 0 radical (unpaired) electrons. The average molecular weight is 307 g/mol. The molecule has 23 heavy (non-hydrogen) atoms. The number of rotatable bonds is 4. The smallest absolute Gasteiger partial charge is 0.142 e. The van der Waals surface area contributed by atoms with Crippen molar-refractivity contribution in [3.05, 3.63) is 72.1 Å². The van der Waals surface area contributed by atoms with Crippen LogP contribution in [0.1, 0.15) is 23.1 Å². The fourth-order valence-corrected chi connectivity index (χ4v) is 2.87. The van der Waals surface area contributed by atoms with Crippen LogP contribution in [0.4, 0.5) is 0 Å². The van der Waals surface area contributed by atoms with E-state index in [1.54, 1.807) is 13.3 Å². The molecule has 1 aromatic carbocycles. The SMILES string of the molecule is COC(c1ccccn1)c1cn(-c2ccc3c(c2)CCO3)cn1.